The molecule has 0 radical (unpaired) electrons. The number of nitrogens with zero attached hydrogens (tertiary/aromatic N) is 1. The molecular formula is C13H19NO4S. The molecule has 0 heterocycles. The molecule has 0 aliphatic rings. The van der Waals surface area contributed by atoms with Crippen LogP contribution in [0, 0.1) is 13.8 Å². The predicted octanol–water partition coefficient (Wildman–Crippen LogP) is 1.54. The Labute approximate surface area is 113 Å². The fraction of sp³-hybridized carbons (Fsp3) is 0.462. The lowest BCUT2D eigenvalue weighted by molar-refractivity contribution is -0.136. The lowest BCUT2D eigenvalue weighted by Gasteiger charge is -2.20. The van der Waals surface area contributed by atoms with Crippen LogP contribution in [0.3, 0.4) is 0 Å². The second-order valence-corrected chi connectivity index (χ2v) is 7.07. The van der Waals surface area contributed by atoms with Gasteiger partial charge in [-0.15, -0.1) is 0 Å². The predicted molar refractivity (Wildman–Crippen MR) is 73.4 cm³/mol. The molecule has 106 valence electrons. The Morgan fingerprint density at radius 1 is 1.37 bits per heavy atom. The first-order valence-electron chi connectivity index (χ1n) is 5.90. The maximum atomic E-state index is 12.0. The van der Waals surface area contributed by atoms with Gasteiger partial charge in [0.05, 0.1) is 0 Å². The third kappa shape index (κ3) is 3.54. The van der Waals surface area contributed by atoms with E-state index in [0.717, 1.165) is 21.0 Å². The van der Waals surface area contributed by atoms with Crippen molar-refractivity contribution in [2.45, 2.75) is 32.6 Å². The maximum absolute atomic E-state index is 12.0. The van der Waals surface area contributed by atoms with E-state index in [9.17, 15) is 13.2 Å². The monoisotopic (exact) mass is 285 g/mol. The molecule has 6 heteroatoms. The maximum Gasteiger partial charge on any atom is 0.323 e. The van der Waals surface area contributed by atoms with E-state index in [1.165, 1.54) is 14.0 Å². The van der Waals surface area contributed by atoms with Crippen LogP contribution in [0.5, 0.6) is 0 Å². The molecule has 19 heavy (non-hydrogen) atoms. The van der Waals surface area contributed by atoms with Crippen LogP contribution in [-0.4, -0.2) is 36.1 Å². The summed E-state index contributed by atoms with van der Waals surface area (Å²) in [5, 5.41) is 7.38. The first-order chi connectivity index (χ1) is 8.66. The van der Waals surface area contributed by atoms with Crippen LogP contribution in [0.2, 0.25) is 0 Å². The van der Waals surface area contributed by atoms with Crippen LogP contribution in [0.25, 0.3) is 0 Å². The lowest BCUT2D eigenvalue weighted by Crippen LogP contribution is -2.38. The van der Waals surface area contributed by atoms with Gasteiger partial charge in [0, 0.05) is 13.6 Å². The van der Waals surface area contributed by atoms with Gasteiger partial charge in [-0.05, 0) is 31.9 Å². The summed E-state index contributed by atoms with van der Waals surface area (Å²) >= 11 is 0. The first-order valence-corrected chi connectivity index (χ1v) is 7.40. The van der Waals surface area contributed by atoms with Gasteiger partial charge in [-0.25, -0.2) is 8.42 Å². The van der Waals surface area contributed by atoms with Crippen molar-refractivity contribution >= 4 is 16.0 Å². The van der Waals surface area contributed by atoms with Gasteiger partial charge in [0.2, 0.25) is 10.0 Å². The molecule has 0 aliphatic heterocycles. The Bertz CT molecular complexity index is 580. The van der Waals surface area contributed by atoms with Gasteiger partial charge in [0.15, 0.2) is 5.25 Å². The lowest BCUT2D eigenvalue weighted by atomic mass is 10.1. The fourth-order valence-corrected chi connectivity index (χ4v) is 2.86. The summed E-state index contributed by atoms with van der Waals surface area (Å²) in [5.41, 5.74) is 2.96. The number of carboxylic acids is 1. The van der Waals surface area contributed by atoms with Crippen LogP contribution in [0.15, 0.2) is 18.2 Å². The minimum atomic E-state index is -3.83. The summed E-state index contributed by atoms with van der Waals surface area (Å²) in [6, 6.07) is 5.74. The van der Waals surface area contributed by atoms with Crippen LogP contribution in [0.4, 0.5) is 0 Å². The highest BCUT2D eigenvalue weighted by Gasteiger charge is 2.31. The second kappa shape index (κ2) is 5.71. The minimum absolute atomic E-state index is 0.173. The number of rotatable bonds is 5. The average Bonchev–Trinajstić information content (AvgIpc) is 2.31. The smallest absolute Gasteiger partial charge is 0.323 e. The Morgan fingerprint density at radius 2 is 1.95 bits per heavy atom. The Balaban J connectivity index is 2.96. The number of hydrogen-bond donors (Lipinski definition) is 1. The molecule has 0 bridgehead atoms. The summed E-state index contributed by atoms with van der Waals surface area (Å²) in [7, 11) is -2.43. The van der Waals surface area contributed by atoms with Gasteiger partial charge in [0.1, 0.15) is 0 Å². The number of carboxylic acid groups (broad SMARTS) is 1. The van der Waals surface area contributed by atoms with Crippen LogP contribution >= 0.6 is 0 Å². The second-order valence-electron chi connectivity index (χ2n) is 4.71. The number of sulfonamides is 1. The molecule has 0 fully saturated rings. The van der Waals surface area contributed by atoms with E-state index in [2.05, 4.69) is 0 Å². The third-order valence-electron chi connectivity index (χ3n) is 3.12. The third-order valence-corrected chi connectivity index (χ3v) is 5.21. The summed E-state index contributed by atoms with van der Waals surface area (Å²) in [4.78, 5) is 10.8. The molecule has 0 aromatic heterocycles. The molecular weight excluding hydrogens is 266 g/mol. The van der Waals surface area contributed by atoms with Gasteiger partial charge in [-0.2, -0.15) is 4.31 Å². The first kappa shape index (κ1) is 15.7. The molecule has 5 nitrogen and oxygen atoms in total. The number of hydrogen-bond acceptors (Lipinski definition) is 3. The van der Waals surface area contributed by atoms with E-state index in [4.69, 9.17) is 5.11 Å². The van der Waals surface area contributed by atoms with Gasteiger partial charge in [-0.1, -0.05) is 23.8 Å². The Kier molecular flexibility index (Phi) is 4.70. The van der Waals surface area contributed by atoms with Crippen molar-refractivity contribution in [3.63, 3.8) is 0 Å². The molecule has 0 saturated heterocycles. The highest BCUT2D eigenvalue weighted by Crippen LogP contribution is 2.16. The van der Waals surface area contributed by atoms with Gasteiger partial charge in [-0.3, -0.25) is 4.79 Å². The van der Waals surface area contributed by atoms with Crippen LogP contribution in [0.1, 0.15) is 23.6 Å². The number of carbonyl (C=O) groups is 1. The minimum Gasteiger partial charge on any atom is -0.480 e. The molecule has 1 atom stereocenters. The van der Waals surface area contributed by atoms with Gasteiger partial charge in [0.25, 0.3) is 0 Å². The fourth-order valence-electron chi connectivity index (χ4n) is 1.75. The summed E-state index contributed by atoms with van der Waals surface area (Å²) < 4.78 is 25.1. The quantitative estimate of drug-likeness (QED) is 0.890. The van der Waals surface area contributed by atoms with Gasteiger partial charge < -0.3 is 5.11 Å². The van der Waals surface area contributed by atoms with Crippen LogP contribution in [-0.2, 0) is 21.4 Å². The zero-order valence-electron chi connectivity index (χ0n) is 11.5. The normalized spacial score (nSPS) is 13.5. The molecule has 0 aliphatic carbocycles. The van der Waals surface area contributed by atoms with E-state index in [0.29, 0.717) is 0 Å². The van der Waals surface area contributed by atoms with Crippen molar-refractivity contribution in [2.24, 2.45) is 0 Å². The van der Waals surface area contributed by atoms with Gasteiger partial charge >= 0.3 is 5.97 Å². The Morgan fingerprint density at radius 3 is 2.42 bits per heavy atom. The topological polar surface area (TPSA) is 74.7 Å². The van der Waals surface area contributed by atoms with Crippen molar-refractivity contribution in [1.82, 2.24) is 4.31 Å². The molecule has 0 spiro atoms. The zero-order valence-corrected chi connectivity index (χ0v) is 12.4. The summed E-state index contributed by atoms with van der Waals surface area (Å²) in [5.74, 6) is -1.34. The van der Waals surface area contributed by atoms with Crippen molar-refractivity contribution in [2.75, 3.05) is 7.05 Å². The van der Waals surface area contributed by atoms with E-state index >= 15 is 0 Å². The summed E-state index contributed by atoms with van der Waals surface area (Å²) in [6.45, 7) is 5.22. The number of aliphatic carboxylic acids is 1. The largest absolute Gasteiger partial charge is 0.480 e. The van der Waals surface area contributed by atoms with Crippen molar-refractivity contribution in [3.8, 4) is 0 Å². The molecule has 0 saturated carbocycles. The SMILES string of the molecule is Cc1ccc(CN(C)S(=O)(=O)C(C)C(=O)O)c(C)c1. The standard InChI is InChI=1S/C13H19NO4S/c1-9-5-6-12(10(2)7-9)8-14(4)19(17,18)11(3)13(15)16/h5-7,11H,8H2,1-4H3,(H,15,16). The van der Waals surface area contributed by atoms with E-state index < -0.39 is 21.2 Å². The highest BCUT2D eigenvalue weighted by atomic mass is 32.2. The Hall–Kier alpha value is -1.40. The number of aryl methyl sites for hydroxylation is 2. The number of benzene rings is 1. The molecule has 0 amide bonds. The highest BCUT2D eigenvalue weighted by molar-refractivity contribution is 7.90. The van der Waals surface area contributed by atoms with E-state index in [1.54, 1.807) is 0 Å². The molecule has 1 unspecified atom stereocenters. The van der Waals surface area contributed by atoms with E-state index in [-0.39, 0.29) is 6.54 Å². The molecule has 1 aromatic carbocycles. The molecule has 1 aromatic rings. The molecule has 1 N–H and O–H groups in total. The van der Waals surface area contributed by atoms with Crippen molar-refractivity contribution < 1.29 is 18.3 Å². The van der Waals surface area contributed by atoms with Crippen molar-refractivity contribution in [1.29, 1.82) is 0 Å². The summed E-state index contributed by atoms with van der Waals surface area (Å²) in [6.07, 6.45) is 0. The van der Waals surface area contributed by atoms with Crippen molar-refractivity contribution in [3.05, 3.63) is 34.9 Å². The zero-order chi connectivity index (χ0) is 14.8. The average molecular weight is 285 g/mol. The molecule has 1 rings (SSSR count). The van der Waals surface area contributed by atoms with Crippen LogP contribution < -0.4 is 0 Å². The van der Waals surface area contributed by atoms with E-state index in [1.807, 2.05) is 32.0 Å².